The van der Waals surface area contributed by atoms with Crippen molar-refractivity contribution in [1.29, 1.82) is 0 Å². The van der Waals surface area contributed by atoms with Gasteiger partial charge < -0.3 is 5.11 Å². The van der Waals surface area contributed by atoms with Crippen molar-refractivity contribution in [3.8, 4) is 0 Å². The van der Waals surface area contributed by atoms with Crippen molar-refractivity contribution < 1.29 is 18.3 Å². The molecule has 0 fully saturated rings. The lowest BCUT2D eigenvalue weighted by molar-refractivity contribution is -0.136. The summed E-state index contributed by atoms with van der Waals surface area (Å²) in [6, 6.07) is 4.16. The van der Waals surface area contributed by atoms with Crippen LogP contribution in [0.2, 0.25) is 5.02 Å². The number of carboxylic acids is 1. The number of rotatable bonds is 4. The van der Waals surface area contributed by atoms with E-state index in [2.05, 4.69) is 0 Å². The summed E-state index contributed by atoms with van der Waals surface area (Å²) in [7, 11) is -3.41. The van der Waals surface area contributed by atoms with E-state index in [9.17, 15) is 13.2 Å². The third-order valence-corrected chi connectivity index (χ3v) is 4.14. The second kappa shape index (κ2) is 4.84. The molecule has 0 saturated carbocycles. The molecule has 0 unspecified atom stereocenters. The van der Waals surface area contributed by atoms with E-state index in [0.29, 0.717) is 5.02 Å². The summed E-state index contributed by atoms with van der Waals surface area (Å²) >= 11 is 5.71. The Balaban J connectivity index is 3.34. The SMILES string of the molecule is CCS(=O)(=O)c1ccc(Cl)cc1CC(=O)O. The second-order valence-corrected chi connectivity index (χ2v) is 5.91. The fourth-order valence-corrected chi connectivity index (χ4v) is 2.62. The van der Waals surface area contributed by atoms with Gasteiger partial charge in [0.15, 0.2) is 9.84 Å². The fourth-order valence-electron chi connectivity index (χ4n) is 1.31. The van der Waals surface area contributed by atoms with Crippen LogP contribution in [0.4, 0.5) is 0 Å². The summed E-state index contributed by atoms with van der Waals surface area (Å²) < 4.78 is 23.4. The maximum Gasteiger partial charge on any atom is 0.307 e. The second-order valence-electron chi connectivity index (χ2n) is 3.23. The van der Waals surface area contributed by atoms with Gasteiger partial charge in [0, 0.05) is 5.02 Å². The minimum atomic E-state index is -3.41. The Morgan fingerprint density at radius 2 is 2.06 bits per heavy atom. The molecule has 0 spiro atoms. The number of carboxylic acid groups (broad SMARTS) is 1. The highest BCUT2D eigenvalue weighted by Crippen LogP contribution is 2.22. The molecule has 0 saturated heterocycles. The lowest BCUT2D eigenvalue weighted by Gasteiger charge is -2.07. The number of aliphatic carboxylic acids is 1. The number of sulfone groups is 1. The van der Waals surface area contributed by atoms with Crippen LogP contribution in [-0.2, 0) is 21.1 Å². The van der Waals surface area contributed by atoms with Gasteiger partial charge in [-0.2, -0.15) is 0 Å². The van der Waals surface area contributed by atoms with Gasteiger partial charge in [-0.25, -0.2) is 8.42 Å². The molecule has 6 heteroatoms. The molecule has 4 nitrogen and oxygen atoms in total. The quantitative estimate of drug-likeness (QED) is 0.898. The van der Waals surface area contributed by atoms with Crippen LogP contribution in [0.1, 0.15) is 12.5 Å². The van der Waals surface area contributed by atoms with Gasteiger partial charge in [-0.15, -0.1) is 0 Å². The Labute approximate surface area is 98.8 Å². The average Bonchev–Trinajstić information content (AvgIpc) is 2.16. The monoisotopic (exact) mass is 262 g/mol. The average molecular weight is 263 g/mol. The molecule has 0 amide bonds. The van der Waals surface area contributed by atoms with Crippen molar-refractivity contribution in [1.82, 2.24) is 0 Å². The largest absolute Gasteiger partial charge is 0.481 e. The molecule has 16 heavy (non-hydrogen) atoms. The molecule has 0 aromatic heterocycles. The van der Waals surface area contributed by atoms with Gasteiger partial charge in [-0.1, -0.05) is 18.5 Å². The molecule has 0 aliphatic carbocycles. The van der Waals surface area contributed by atoms with Gasteiger partial charge >= 0.3 is 5.97 Å². The minimum absolute atomic E-state index is 0.0433. The number of benzene rings is 1. The molecule has 1 aromatic carbocycles. The molecule has 1 N–H and O–H groups in total. The molecule has 0 bridgehead atoms. The molecular weight excluding hydrogens is 252 g/mol. The summed E-state index contributed by atoms with van der Waals surface area (Å²) in [6.07, 6.45) is -0.352. The van der Waals surface area contributed by atoms with Gasteiger partial charge in [-0.3, -0.25) is 4.79 Å². The van der Waals surface area contributed by atoms with Crippen molar-refractivity contribution in [3.05, 3.63) is 28.8 Å². The summed E-state index contributed by atoms with van der Waals surface area (Å²) in [5, 5.41) is 9.01. The molecule has 0 heterocycles. The standard InChI is InChI=1S/C10H11ClO4S/c1-2-16(14,15)9-4-3-8(11)5-7(9)6-10(12)13/h3-5H,2,6H2,1H3,(H,12,13). The first-order chi connectivity index (χ1) is 7.36. The molecule has 1 rings (SSSR count). The van der Waals surface area contributed by atoms with E-state index in [4.69, 9.17) is 16.7 Å². The van der Waals surface area contributed by atoms with Crippen LogP contribution < -0.4 is 0 Å². The van der Waals surface area contributed by atoms with E-state index in [0.717, 1.165) is 0 Å². The van der Waals surface area contributed by atoms with Crippen LogP contribution >= 0.6 is 11.6 Å². The van der Waals surface area contributed by atoms with Crippen LogP contribution in [0.15, 0.2) is 23.1 Å². The summed E-state index contributed by atoms with van der Waals surface area (Å²) in [5.74, 6) is -1.16. The van der Waals surface area contributed by atoms with E-state index in [1.54, 1.807) is 0 Å². The van der Waals surface area contributed by atoms with Crippen molar-refractivity contribution >= 4 is 27.4 Å². The van der Waals surface area contributed by atoms with Crippen LogP contribution in [-0.4, -0.2) is 25.2 Å². The summed E-state index contributed by atoms with van der Waals surface area (Å²) in [6.45, 7) is 1.51. The Kier molecular flexibility index (Phi) is 3.93. The highest BCUT2D eigenvalue weighted by atomic mass is 35.5. The maximum absolute atomic E-state index is 11.7. The summed E-state index contributed by atoms with van der Waals surface area (Å²) in [4.78, 5) is 10.7. The van der Waals surface area contributed by atoms with Gasteiger partial charge in [-0.05, 0) is 23.8 Å². The molecular formula is C10H11ClO4S. The van der Waals surface area contributed by atoms with Crippen molar-refractivity contribution in [2.24, 2.45) is 0 Å². The van der Waals surface area contributed by atoms with E-state index in [-0.39, 0.29) is 22.6 Å². The maximum atomic E-state index is 11.7. The first kappa shape index (κ1) is 13.0. The highest BCUT2D eigenvalue weighted by Gasteiger charge is 2.18. The first-order valence-corrected chi connectivity index (χ1v) is 6.63. The number of hydrogen-bond acceptors (Lipinski definition) is 3. The van der Waals surface area contributed by atoms with Gasteiger partial charge in [0.05, 0.1) is 17.1 Å². The van der Waals surface area contributed by atoms with Crippen LogP contribution in [0, 0.1) is 0 Å². The third-order valence-electron chi connectivity index (χ3n) is 2.08. The fraction of sp³-hybridized carbons (Fsp3) is 0.300. The number of halogens is 1. The minimum Gasteiger partial charge on any atom is -0.481 e. The Morgan fingerprint density at radius 1 is 1.44 bits per heavy atom. The smallest absolute Gasteiger partial charge is 0.307 e. The third kappa shape index (κ3) is 2.96. The van der Waals surface area contributed by atoms with E-state index < -0.39 is 15.8 Å². The number of carbonyl (C=O) groups is 1. The predicted octanol–water partition coefficient (Wildman–Crippen LogP) is 1.76. The van der Waals surface area contributed by atoms with E-state index >= 15 is 0 Å². The van der Waals surface area contributed by atoms with Crippen molar-refractivity contribution in [2.45, 2.75) is 18.2 Å². The first-order valence-electron chi connectivity index (χ1n) is 4.60. The Bertz CT molecular complexity index is 508. The molecule has 88 valence electrons. The van der Waals surface area contributed by atoms with Crippen molar-refractivity contribution in [3.63, 3.8) is 0 Å². The zero-order valence-electron chi connectivity index (χ0n) is 8.60. The van der Waals surface area contributed by atoms with E-state index in [1.807, 2.05) is 0 Å². The van der Waals surface area contributed by atoms with Gasteiger partial charge in [0.1, 0.15) is 0 Å². The summed E-state index contributed by atoms with van der Waals surface area (Å²) in [5.41, 5.74) is 0.224. The molecule has 0 radical (unpaired) electrons. The molecule has 0 aliphatic heterocycles. The topological polar surface area (TPSA) is 71.4 Å². The van der Waals surface area contributed by atoms with Crippen LogP contribution in [0.5, 0.6) is 0 Å². The van der Waals surface area contributed by atoms with E-state index in [1.165, 1.54) is 25.1 Å². The Hall–Kier alpha value is -1.07. The lowest BCUT2D eigenvalue weighted by Crippen LogP contribution is -2.10. The zero-order chi connectivity index (χ0) is 12.3. The van der Waals surface area contributed by atoms with Gasteiger partial charge in [0.2, 0.25) is 0 Å². The predicted molar refractivity (Wildman–Crippen MR) is 60.5 cm³/mol. The molecule has 1 aromatic rings. The lowest BCUT2D eigenvalue weighted by atomic mass is 10.1. The zero-order valence-corrected chi connectivity index (χ0v) is 10.2. The van der Waals surface area contributed by atoms with Crippen LogP contribution in [0.25, 0.3) is 0 Å². The number of hydrogen-bond donors (Lipinski definition) is 1. The van der Waals surface area contributed by atoms with Crippen molar-refractivity contribution in [2.75, 3.05) is 5.75 Å². The Morgan fingerprint density at radius 3 is 2.56 bits per heavy atom. The molecule has 0 atom stereocenters. The molecule has 0 aliphatic rings. The highest BCUT2D eigenvalue weighted by molar-refractivity contribution is 7.91. The normalized spacial score (nSPS) is 11.4. The van der Waals surface area contributed by atoms with Crippen LogP contribution in [0.3, 0.4) is 0 Å². The van der Waals surface area contributed by atoms with Gasteiger partial charge in [0.25, 0.3) is 0 Å².